The lowest BCUT2D eigenvalue weighted by atomic mass is 10.1. The van der Waals surface area contributed by atoms with E-state index < -0.39 is 5.97 Å². The quantitative estimate of drug-likeness (QED) is 0.652. The molecule has 0 spiro atoms. The number of allylic oxidation sites excluding steroid dienone is 2. The minimum atomic E-state index is -0.937. The summed E-state index contributed by atoms with van der Waals surface area (Å²) in [7, 11) is 0. The van der Waals surface area contributed by atoms with Gasteiger partial charge >= 0.3 is 5.97 Å². The highest BCUT2D eigenvalue weighted by Gasteiger charge is 2.12. The molecular weight excluding hydrogens is 244 g/mol. The molecule has 1 heterocycles. The van der Waals surface area contributed by atoms with Crippen molar-refractivity contribution in [2.45, 2.75) is 19.8 Å². The van der Waals surface area contributed by atoms with Gasteiger partial charge in [0.2, 0.25) is 6.79 Å². The maximum atomic E-state index is 10.6. The van der Waals surface area contributed by atoms with Gasteiger partial charge < -0.3 is 14.6 Å². The second-order valence-corrected chi connectivity index (χ2v) is 4.25. The average molecular weight is 260 g/mol. The zero-order valence-corrected chi connectivity index (χ0v) is 10.8. The van der Waals surface area contributed by atoms with Crippen molar-refractivity contribution in [3.05, 3.63) is 41.5 Å². The number of fused-ring (bicyclic) bond motifs is 1. The summed E-state index contributed by atoms with van der Waals surface area (Å²) in [6.45, 7) is 2.31. The van der Waals surface area contributed by atoms with E-state index in [2.05, 4.69) is 6.92 Å². The van der Waals surface area contributed by atoms with E-state index >= 15 is 0 Å². The van der Waals surface area contributed by atoms with Crippen LogP contribution in [0, 0.1) is 0 Å². The molecule has 0 amide bonds. The summed E-state index contributed by atoms with van der Waals surface area (Å²) >= 11 is 0. The summed E-state index contributed by atoms with van der Waals surface area (Å²) in [6.07, 6.45) is 6.55. The van der Waals surface area contributed by atoms with Crippen molar-refractivity contribution >= 4 is 12.0 Å². The fraction of sp³-hybridized carbons (Fsp3) is 0.267. The van der Waals surface area contributed by atoms with Crippen LogP contribution >= 0.6 is 0 Å². The standard InChI is InChI=1S/C15H16O4/c1-2-3-11(5-7-15(16)17)8-12-4-6-13-14(9-12)19-10-18-13/h4-9H,2-3,10H2,1H3,(H,16,17)/b7-5+,11-8+. The molecule has 4 nitrogen and oxygen atoms in total. The molecule has 1 aromatic carbocycles. The topological polar surface area (TPSA) is 55.8 Å². The number of ether oxygens (including phenoxy) is 2. The molecule has 0 unspecified atom stereocenters. The Morgan fingerprint density at radius 2 is 2.11 bits per heavy atom. The molecular formula is C15H16O4. The van der Waals surface area contributed by atoms with Gasteiger partial charge in [0, 0.05) is 6.08 Å². The number of aliphatic carboxylic acids is 1. The Labute approximate surface area is 112 Å². The van der Waals surface area contributed by atoms with Crippen molar-refractivity contribution < 1.29 is 19.4 Å². The van der Waals surface area contributed by atoms with Gasteiger partial charge in [-0.05, 0) is 29.7 Å². The third kappa shape index (κ3) is 3.61. The van der Waals surface area contributed by atoms with E-state index in [9.17, 15) is 4.79 Å². The molecule has 0 aromatic heterocycles. The highest BCUT2D eigenvalue weighted by molar-refractivity contribution is 5.80. The zero-order valence-electron chi connectivity index (χ0n) is 10.8. The Morgan fingerprint density at radius 1 is 1.32 bits per heavy atom. The summed E-state index contributed by atoms with van der Waals surface area (Å²) in [5, 5.41) is 8.67. The molecule has 0 fully saturated rings. The molecule has 4 heteroatoms. The van der Waals surface area contributed by atoms with Crippen molar-refractivity contribution in [3.8, 4) is 11.5 Å². The summed E-state index contributed by atoms with van der Waals surface area (Å²) in [6, 6.07) is 5.68. The van der Waals surface area contributed by atoms with E-state index in [4.69, 9.17) is 14.6 Å². The Kier molecular flexibility index (Phi) is 4.23. The molecule has 0 aliphatic carbocycles. The maximum Gasteiger partial charge on any atom is 0.328 e. The molecule has 1 aromatic rings. The number of rotatable bonds is 5. The SMILES string of the molecule is CCCC(/C=C/C(=O)O)=C\c1ccc2c(c1)OCO2. The van der Waals surface area contributed by atoms with Crippen molar-refractivity contribution in [2.75, 3.05) is 6.79 Å². The van der Waals surface area contributed by atoms with Crippen molar-refractivity contribution in [2.24, 2.45) is 0 Å². The van der Waals surface area contributed by atoms with Crippen molar-refractivity contribution in [1.82, 2.24) is 0 Å². The fourth-order valence-electron chi connectivity index (χ4n) is 1.89. The number of hydrogen-bond acceptors (Lipinski definition) is 3. The van der Waals surface area contributed by atoms with Crippen LogP contribution in [0.5, 0.6) is 11.5 Å². The minimum Gasteiger partial charge on any atom is -0.478 e. The predicted molar refractivity (Wildman–Crippen MR) is 72.2 cm³/mol. The van der Waals surface area contributed by atoms with Crippen LogP contribution in [0.1, 0.15) is 25.3 Å². The summed E-state index contributed by atoms with van der Waals surface area (Å²) in [4.78, 5) is 10.6. The first kappa shape index (κ1) is 13.2. The minimum absolute atomic E-state index is 0.253. The van der Waals surface area contributed by atoms with E-state index in [0.717, 1.165) is 41.6 Å². The lowest BCUT2D eigenvalue weighted by Crippen LogP contribution is -1.92. The third-order valence-electron chi connectivity index (χ3n) is 2.73. The van der Waals surface area contributed by atoms with Crippen LogP contribution in [0.25, 0.3) is 6.08 Å². The van der Waals surface area contributed by atoms with Crippen molar-refractivity contribution in [3.63, 3.8) is 0 Å². The first-order valence-electron chi connectivity index (χ1n) is 6.20. The number of carbonyl (C=O) groups is 1. The molecule has 1 N–H and O–H groups in total. The monoisotopic (exact) mass is 260 g/mol. The molecule has 100 valence electrons. The molecule has 19 heavy (non-hydrogen) atoms. The second kappa shape index (κ2) is 6.09. The summed E-state index contributed by atoms with van der Waals surface area (Å²) in [5.41, 5.74) is 1.95. The second-order valence-electron chi connectivity index (χ2n) is 4.25. The molecule has 1 aliphatic heterocycles. The number of carboxylic acid groups (broad SMARTS) is 1. The molecule has 0 radical (unpaired) electrons. The zero-order chi connectivity index (χ0) is 13.7. The van der Waals surface area contributed by atoms with Crippen LogP contribution in [0.3, 0.4) is 0 Å². The van der Waals surface area contributed by atoms with E-state index in [-0.39, 0.29) is 6.79 Å². The van der Waals surface area contributed by atoms with Gasteiger partial charge in [-0.15, -0.1) is 0 Å². The predicted octanol–water partition coefficient (Wildman–Crippen LogP) is 3.24. The maximum absolute atomic E-state index is 10.6. The van der Waals surface area contributed by atoms with Gasteiger partial charge in [-0.25, -0.2) is 4.79 Å². The summed E-state index contributed by atoms with van der Waals surface area (Å²) in [5.74, 6) is 0.537. The largest absolute Gasteiger partial charge is 0.478 e. The van der Waals surface area contributed by atoms with E-state index in [1.54, 1.807) is 6.08 Å². The fourth-order valence-corrected chi connectivity index (χ4v) is 1.89. The Morgan fingerprint density at radius 3 is 2.84 bits per heavy atom. The number of hydrogen-bond donors (Lipinski definition) is 1. The van der Waals surface area contributed by atoms with Gasteiger partial charge in [0.1, 0.15) is 0 Å². The summed E-state index contributed by atoms with van der Waals surface area (Å²) < 4.78 is 10.6. The van der Waals surface area contributed by atoms with E-state index in [1.165, 1.54) is 0 Å². The van der Waals surface area contributed by atoms with Gasteiger partial charge in [-0.1, -0.05) is 31.6 Å². The first-order valence-corrected chi connectivity index (χ1v) is 6.20. The Balaban J connectivity index is 2.22. The smallest absolute Gasteiger partial charge is 0.328 e. The Bertz CT molecular complexity index is 529. The number of carboxylic acids is 1. The van der Waals surface area contributed by atoms with Crippen LogP contribution < -0.4 is 9.47 Å². The highest BCUT2D eigenvalue weighted by Crippen LogP contribution is 2.33. The molecule has 0 bridgehead atoms. The lowest BCUT2D eigenvalue weighted by Gasteiger charge is -2.02. The van der Waals surface area contributed by atoms with Gasteiger partial charge in [0.15, 0.2) is 11.5 Å². The van der Waals surface area contributed by atoms with Crippen LogP contribution in [0.2, 0.25) is 0 Å². The molecule has 1 aliphatic rings. The van der Waals surface area contributed by atoms with Crippen LogP contribution in [0.15, 0.2) is 35.9 Å². The molecule has 0 saturated heterocycles. The van der Waals surface area contributed by atoms with Crippen LogP contribution in [-0.4, -0.2) is 17.9 Å². The normalized spacial score (nSPS) is 14.1. The molecule has 0 atom stereocenters. The van der Waals surface area contributed by atoms with Gasteiger partial charge in [-0.3, -0.25) is 0 Å². The lowest BCUT2D eigenvalue weighted by molar-refractivity contribution is -0.131. The van der Waals surface area contributed by atoms with Crippen LogP contribution in [-0.2, 0) is 4.79 Å². The Hall–Kier alpha value is -2.23. The van der Waals surface area contributed by atoms with Crippen LogP contribution in [0.4, 0.5) is 0 Å². The van der Waals surface area contributed by atoms with Gasteiger partial charge in [-0.2, -0.15) is 0 Å². The number of benzene rings is 1. The van der Waals surface area contributed by atoms with Crippen molar-refractivity contribution in [1.29, 1.82) is 0 Å². The first-order chi connectivity index (χ1) is 9.19. The third-order valence-corrected chi connectivity index (χ3v) is 2.73. The van der Waals surface area contributed by atoms with Gasteiger partial charge in [0.05, 0.1) is 0 Å². The highest BCUT2D eigenvalue weighted by atomic mass is 16.7. The average Bonchev–Trinajstić information content (AvgIpc) is 2.83. The molecule has 2 rings (SSSR count). The van der Waals surface area contributed by atoms with E-state index in [0.29, 0.717) is 0 Å². The van der Waals surface area contributed by atoms with Gasteiger partial charge in [0.25, 0.3) is 0 Å². The van der Waals surface area contributed by atoms with E-state index in [1.807, 2.05) is 24.3 Å². The molecule has 0 saturated carbocycles.